The van der Waals surface area contributed by atoms with Crippen LogP contribution in [-0.4, -0.2) is 42.3 Å². The molecule has 1 aromatic heterocycles. The Bertz CT molecular complexity index is 670. The molecule has 0 aliphatic carbocycles. The van der Waals surface area contributed by atoms with E-state index in [-0.39, 0.29) is 17.6 Å². The Hall–Kier alpha value is -1.40. The number of nitrogens with one attached hydrogen (secondary N) is 1. The molecule has 1 heterocycles. The fourth-order valence-electron chi connectivity index (χ4n) is 0.976. The lowest BCUT2D eigenvalue weighted by molar-refractivity contribution is -0.112. The van der Waals surface area contributed by atoms with Gasteiger partial charge in [0, 0.05) is 11.5 Å². The minimum atomic E-state index is -5.20. The number of hydrogen-bond acceptors (Lipinski definition) is 9. The molecule has 1 rings (SSSR count). The van der Waals surface area contributed by atoms with Crippen LogP contribution in [0.25, 0.3) is 0 Å². The Balaban J connectivity index is 2.94. The number of oxime groups is 1. The molecule has 1 atom stereocenters. The van der Waals surface area contributed by atoms with Gasteiger partial charge in [0.1, 0.15) is 6.61 Å². The van der Waals surface area contributed by atoms with Crippen LogP contribution in [0.15, 0.2) is 5.16 Å². The van der Waals surface area contributed by atoms with Crippen LogP contribution in [0.1, 0.15) is 12.7 Å². The summed E-state index contributed by atoms with van der Waals surface area (Å²) in [6.07, 6.45) is 0. The molecular formula is C6H11N5O8P2S. The quantitative estimate of drug-likeness (QED) is 0.220. The monoisotopic (exact) mass is 375 g/mol. The van der Waals surface area contributed by atoms with Gasteiger partial charge < -0.3 is 25.3 Å². The van der Waals surface area contributed by atoms with Gasteiger partial charge in [-0.2, -0.15) is 13.7 Å². The number of nitrogens with two attached hydrogens (primary N) is 1. The van der Waals surface area contributed by atoms with Crippen molar-refractivity contribution in [3.63, 3.8) is 0 Å². The third-order valence-electron chi connectivity index (χ3n) is 1.61. The maximum absolute atomic E-state index is 11.4. The number of anilines is 1. The summed E-state index contributed by atoms with van der Waals surface area (Å²) in [5, 5.41) is 4.77. The molecule has 1 unspecified atom stereocenters. The molecule has 0 radical (unpaired) electrons. The van der Waals surface area contributed by atoms with Crippen molar-refractivity contribution in [3.05, 3.63) is 5.82 Å². The third kappa shape index (κ3) is 6.15. The molecule has 1 amide bonds. The zero-order valence-electron chi connectivity index (χ0n) is 10.8. The van der Waals surface area contributed by atoms with Gasteiger partial charge in [0.15, 0.2) is 0 Å². The predicted octanol–water partition coefficient (Wildman–Crippen LogP) is -0.614. The third-order valence-corrected chi connectivity index (χ3v) is 4.62. The maximum Gasteiger partial charge on any atom is 0.478 e. The van der Waals surface area contributed by atoms with Gasteiger partial charge in [0.25, 0.3) is 5.91 Å². The highest BCUT2D eigenvalue weighted by Crippen LogP contribution is 2.56. The highest BCUT2D eigenvalue weighted by atomic mass is 32.1. The minimum absolute atomic E-state index is 0.147. The van der Waals surface area contributed by atoms with E-state index in [0.717, 1.165) is 0 Å². The number of carbonyl (C=O) groups excluding carboxylic acids is 1. The van der Waals surface area contributed by atoms with Crippen LogP contribution < -0.4 is 10.8 Å². The number of nitrogens with zero attached hydrogens (tertiary/aromatic N) is 3. The lowest BCUT2D eigenvalue weighted by Gasteiger charge is -2.11. The van der Waals surface area contributed by atoms with Crippen LogP contribution in [0.5, 0.6) is 0 Å². The predicted molar refractivity (Wildman–Crippen MR) is 73.8 cm³/mol. The Labute approximate surface area is 127 Å². The molecule has 0 saturated carbocycles. The molecule has 16 heteroatoms. The fourth-order valence-corrected chi connectivity index (χ4v) is 3.52. The zero-order valence-corrected chi connectivity index (χ0v) is 13.4. The second-order valence-corrected chi connectivity index (χ2v) is 7.00. The van der Waals surface area contributed by atoms with Gasteiger partial charge in [0.05, 0.1) is 0 Å². The topological polar surface area (TPSA) is 207 Å². The van der Waals surface area contributed by atoms with E-state index >= 15 is 0 Å². The molecule has 0 spiro atoms. The molecule has 1 aromatic rings. The normalized spacial score (nSPS) is 15.2. The van der Waals surface area contributed by atoms with Crippen LogP contribution >= 0.6 is 27.1 Å². The van der Waals surface area contributed by atoms with Gasteiger partial charge in [0.2, 0.25) is 16.7 Å². The summed E-state index contributed by atoms with van der Waals surface area (Å²) >= 11 is 0.500. The number of primary amides is 1. The number of phosphoric acid groups is 1. The first-order chi connectivity index (χ1) is 10.0. The molecule has 0 saturated heterocycles. The molecule has 13 nitrogen and oxygen atoms in total. The first-order valence-electron chi connectivity index (χ1n) is 5.26. The van der Waals surface area contributed by atoms with Gasteiger partial charge in [-0.3, -0.25) is 9.88 Å². The summed E-state index contributed by atoms with van der Waals surface area (Å²) in [5.74, 6) is -1.30. The van der Waals surface area contributed by atoms with Crippen LogP contribution in [0, 0.1) is 0 Å². The zero-order chi connectivity index (χ0) is 17.0. The maximum atomic E-state index is 11.4. The summed E-state index contributed by atoms with van der Waals surface area (Å²) in [5.41, 5.74) is 4.62. The van der Waals surface area contributed by atoms with Crippen molar-refractivity contribution >= 4 is 43.9 Å². The smallest absolute Gasteiger partial charge is 0.395 e. The van der Waals surface area contributed by atoms with Gasteiger partial charge in [-0.15, -0.1) is 0 Å². The molecule has 0 aliphatic rings. The fraction of sp³-hybridized carbons (Fsp3) is 0.333. The Morgan fingerprint density at radius 1 is 1.45 bits per heavy atom. The van der Waals surface area contributed by atoms with Crippen LogP contribution in [-0.2, 0) is 23.1 Å². The molecule has 22 heavy (non-hydrogen) atoms. The lowest BCUT2D eigenvalue weighted by atomic mass is 10.3. The first kappa shape index (κ1) is 18.6. The second-order valence-electron chi connectivity index (χ2n) is 3.35. The van der Waals surface area contributed by atoms with Crippen molar-refractivity contribution in [1.82, 2.24) is 9.36 Å². The summed E-state index contributed by atoms with van der Waals surface area (Å²) in [7, 11) is -10.1. The van der Waals surface area contributed by atoms with E-state index in [1.165, 1.54) is 0 Å². The molecule has 0 aliphatic heterocycles. The van der Waals surface area contributed by atoms with E-state index in [1.807, 2.05) is 0 Å². The van der Waals surface area contributed by atoms with E-state index in [4.69, 9.17) is 15.5 Å². The highest BCUT2D eigenvalue weighted by molar-refractivity contribution is 7.64. The lowest BCUT2D eigenvalue weighted by Crippen LogP contribution is -2.25. The largest absolute Gasteiger partial charge is 0.478 e. The summed E-state index contributed by atoms with van der Waals surface area (Å²) in [6, 6.07) is 0. The van der Waals surface area contributed by atoms with E-state index in [1.54, 1.807) is 12.0 Å². The SMILES string of the molecule is CCO/N=C(\C(N)=O)c1nsc(NP(=O)(O)OP(=O)(O)O)n1. The molecular weight excluding hydrogens is 364 g/mol. The van der Waals surface area contributed by atoms with E-state index in [2.05, 4.69) is 23.7 Å². The number of hydrogen-bond donors (Lipinski definition) is 5. The second kappa shape index (κ2) is 7.24. The standard InChI is InChI=1S/C6H11N5O8P2S/c1-2-18-9-3(4(7)12)5-8-6(22-11-5)10-20(13,14)19-21(15,16)17/h2H2,1H3,(H2,7,12)(H2,15,16,17)(H2,8,10,11,13,14)/b9-3+. The van der Waals surface area contributed by atoms with Crippen molar-refractivity contribution in [2.75, 3.05) is 11.7 Å². The van der Waals surface area contributed by atoms with Crippen LogP contribution in [0.2, 0.25) is 0 Å². The molecule has 0 fully saturated rings. The van der Waals surface area contributed by atoms with Crippen molar-refractivity contribution < 1.29 is 37.8 Å². The number of aromatic nitrogens is 2. The van der Waals surface area contributed by atoms with Gasteiger partial charge >= 0.3 is 15.6 Å². The van der Waals surface area contributed by atoms with Crippen LogP contribution in [0.4, 0.5) is 5.13 Å². The van der Waals surface area contributed by atoms with Crippen molar-refractivity contribution in [2.24, 2.45) is 10.9 Å². The van der Waals surface area contributed by atoms with Crippen molar-refractivity contribution in [3.8, 4) is 0 Å². The van der Waals surface area contributed by atoms with Crippen molar-refractivity contribution in [1.29, 1.82) is 0 Å². The Kier molecular flexibility index (Phi) is 6.14. The van der Waals surface area contributed by atoms with E-state index in [9.17, 15) is 18.8 Å². The Morgan fingerprint density at radius 3 is 2.59 bits per heavy atom. The van der Waals surface area contributed by atoms with E-state index < -0.39 is 27.2 Å². The molecule has 6 N–H and O–H groups in total. The Morgan fingerprint density at radius 2 is 2.09 bits per heavy atom. The number of amides is 1. The number of rotatable bonds is 8. The van der Waals surface area contributed by atoms with Crippen molar-refractivity contribution in [2.45, 2.75) is 6.92 Å². The average molecular weight is 375 g/mol. The molecule has 0 aromatic carbocycles. The van der Waals surface area contributed by atoms with Gasteiger partial charge in [-0.1, -0.05) is 5.16 Å². The van der Waals surface area contributed by atoms with Crippen LogP contribution in [0.3, 0.4) is 0 Å². The molecule has 124 valence electrons. The van der Waals surface area contributed by atoms with Gasteiger partial charge in [-0.25, -0.2) is 9.13 Å². The van der Waals surface area contributed by atoms with Gasteiger partial charge in [-0.05, 0) is 6.92 Å². The summed E-state index contributed by atoms with van der Waals surface area (Å²) < 4.78 is 29.3. The number of carbonyl (C=O) groups is 1. The summed E-state index contributed by atoms with van der Waals surface area (Å²) in [4.78, 5) is 45.6. The minimum Gasteiger partial charge on any atom is -0.395 e. The first-order valence-corrected chi connectivity index (χ1v) is 9.14. The average Bonchev–Trinajstić information content (AvgIpc) is 2.73. The van der Waals surface area contributed by atoms with E-state index in [0.29, 0.717) is 11.5 Å². The molecule has 0 bridgehead atoms. The summed E-state index contributed by atoms with van der Waals surface area (Å²) in [6.45, 7) is 1.75. The highest BCUT2D eigenvalue weighted by Gasteiger charge is 2.32.